The first-order valence-electron chi connectivity index (χ1n) is 7.83. The molecule has 1 amide bonds. The van der Waals surface area contributed by atoms with Crippen LogP contribution in [0.15, 0.2) is 24.3 Å². The summed E-state index contributed by atoms with van der Waals surface area (Å²) in [6.07, 6.45) is 4.12. The summed E-state index contributed by atoms with van der Waals surface area (Å²) in [5.41, 5.74) is 6.54. The molecular weight excluding hydrogens is 264 g/mol. The minimum atomic E-state index is 0.147. The second-order valence-corrected chi connectivity index (χ2v) is 5.85. The summed E-state index contributed by atoms with van der Waals surface area (Å²) in [5.74, 6) is 1.64. The molecule has 2 N–H and O–H groups in total. The predicted molar refractivity (Wildman–Crippen MR) is 85.5 cm³/mol. The molecule has 1 fully saturated rings. The number of benzene rings is 1. The lowest BCUT2D eigenvalue weighted by Gasteiger charge is -2.27. The molecule has 1 saturated carbocycles. The number of hydrogen-bond donors (Lipinski definition) is 1. The van der Waals surface area contributed by atoms with Crippen molar-refractivity contribution in [2.45, 2.75) is 32.6 Å². The summed E-state index contributed by atoms with van der Waals surface area (Å²) >= 11 is 0. The summed E-state index contributed by atoms with van der Waals surface area (Å²) in [4.78, 5) is 14.8. The zero-order chi connectivity index (χ0) is 15.2. The predicted octanol–water partition coefficient (Wildman–Crippen LogP) is 2.81. The molecule has 4 heteroatoms. The monoisotopic (exact) mass is 290 g/mol. The molecule has 0 radical (unpaired) electrons. The van der Waals surface area contributed by atoms with Crippen LogP contribution in [-0.4, -0.2) is 26.1 Å². The third kappa shape index (κ3) is 3.76. The molecular formula is C17H26N2O2. The van der Waals surface area contributed by atoms with Crippen LogP contribution in [0.1, 0.15) is 32.6 Å². The SMILES string of the molecule is COc1cccc(N(CCCN)C(=O)C2CCCC2C)c1. The molecule has 2 unspecified atom stereocenters. The Labute approximate surface area is 127 Å². The minimum Gasteiger partial charge on any atom is -0.497 e. The molecule has 0 aromatic heterocycles. The standard InChI is InChI=1S/C17H26N2O2/c1-13-6-3-9-16(13)17(20)19(11-5-10-18)14-7-4-8-15(12-14)21-2/h4,7-8,12-13,16H,3,5-6,9-11,18H2,1-2H3. The summed E-state index contributed by atoms with van der Waals surface area (Å²) in [7, 11) is 1.64. The van der Waals surface area contributed by atoms with Crippen molar-refractivity contribution in [3.63, 3.8) is 0 Å². The van der Waals surface area contributed by atoms with Gasteiger partial charge in [-0.3, -0.25) is 4.79 Å². The van der Waals surface area contributed by atoms with Crippen molar-refractivity contribution in [2.24, 2.45) is 17.6 Å². The van der Waals surface area contributed by atoms with Crippen LogP contribution in [0.25, 0.3) is 0 Å². The summed E-state index contributed by atoms with van der Waals surface area (Å²) in [5, 5.41) is 0. The van der Waals surface area contributed by atoms with Gasteiger partial charge in [-0.2, -0.15) is 0 Å². The number of anilines is 1. The number of ether oxygens (including phenoxy) is 1. The maximum absolute atomic E-state index is 12.9. The molecule has 1 aromatic rings. The number of methoxy groups -OCH3 is 1. The Morgan fingerprint density at radius 2 is 2.24 bits per heavy atom. The molecule has 0 aliphatic heterocycles. The van der Waals surface area contributed by atoms with Gasteiger partial charge in [-0.1, -0.05) is 19.4 Å². The quantitative estimate of drug-likeness (QED) is 0.876. The summed E-state index contributed by atoms with van der Waals surface area (Å²) < 4.78 is 5.27. The van der Waals surface area contributed by atoms with Crippen molar-refractivity contribution in [3.05, 3.63) is 24.3 Å². The Kier molecular flexibility index (Phi) is 5.62. The van der Waals surface area contributed by atoms with Gasteiger partial charge in [-0.25, -0.2) is 0 Å². The fourth-order valence-corrected chi connectivity index (χ4v) is 3.11. The fourth-order valence-electron chi connectivity index (χ4n) is 3.11. The van der Waals surface area contributed by atoms with E-state index >= 15 is 0 Å². The van der Waals surface area contributed by atoms with E-state index in [0.29, 0.717) is 19.0 Å². The van der Waals surface area contributed by atoms with Crippen molar-refractivity contribution >= 4 is 11.6 Å². The number of rotatable bonds is 6. The summed E-state index contributed by atoms with van der Waals surface area (Å²) in [6.45, 7) is 3.45. The Hall–Kier alpha value is -1.55. The first-order chi connectivity index (χ1) is 10.2. The second-order valence-electron chi connectivity index (χ2n) is 5.85. The zero-order valence-electron chi connectivity index (χ0n) is 13.0. The zero-order valence-corrected chi connectivity index (χ0v) is 13.0. The molecule has 0 bridgehead atoms. The van der Waals surface area contributed by atoms with Gasteiger partial charge in [0.25, 0.3) is 0 Å². The largest absolute Gasteiger partial charge is 0.497 e. The van der Waals surface area contributed by atoms with Gasteiger partial charge in [-0.05, 0) is 43.9 Å². The topological polar surface area (TPSA) is 55.6 Å². The van der Waals surface area contributed by atoms with Crippen LogP contribution in [0.5, 0.6) is 5.75 Å². The number of amides is 1. The molecule has 0 saturated heterocycles. The van der Waals surface area contributed by atoms with Crippen LogP contribution in [0, 0.1) is 11.8 Å². The molecule has 1 aromatic carbocycles. The lowest BCUT2D eigenvalue weighted by Crippen LogP contribution is -2.38. The van der Waals surface area contributed by atoms with Gasteiger partial charge >= 0.3 is 0 Å². The molecule has 116 valence electrons. The van der Waals surface area contributed by atoms with E-state index in [-0.39, 0.29) is 11.8 Å². The van der Waals surface area contributed by atoms with Gasteiger partial charge in [0, 0.05) is 24.2 Å². The van der Waals surface area contributed by atoms with Gasteiger partial charge < -0.3 is 15.4 Å². The number of carbonyl (C=O) groups excluding carboxylic acids is 1. The van der Waals surface area contributed by atoms with Crippen LogP contribution in [0.4, 0.5) is 5.69 Å². The number of hydrogen-bond acceptors (Lipinski definition) is 3. The van der Waals surface area contributed by atoms with Crippen molar-refractivity contribution in [3.8, 4) is 5.75 Å². The van der Waals surface area contributed by atoms with Gasteiger partial charge in [-0.15, -0.1) is 0 Å². The maximum atomic E-state index is 12.9. The summed E-state index contributed by atoms with van der Waals surface area (Å²) in [6, 6.07) is 7.72. The van der Waals surface area contributed by atoms with Crippen LogP contribution in [0.2, 0.25) is 0 Å². The highest BCUT2D eigenvalue weighted by molar-refractivity contribution is 5.95. The molecule has 2 rings (SSSR count). The van der Waals surface area contributed by atoms with Crippen LogP contribution in [0.3, 0.4) is 0 Å². The third-order valence-corrected chi connectivity index (χ3v) is 4.40. The van der Waals surface area contributed by atoms with Crippen LogP contribution in [-0.2, 0) is 4.79 Å². The normalized spacial score (nSPS) is 21.3. The molecule has 1 aliphatic carbocycles. The molecule has 0 heterocycles. The van der Waals surface area contributed by atoms with Gasteiger partial charge in [0.05, 0.1) is 7.11 Å². The molecule has 1 aliphatic rings. The van der Waals surface area contributed by atoms with Crippen molar-refractivity contribution < 1.29 is 9.53 Å². The molecule has 21 heavy (non-hydrogen) atoms. The van der Waals surface area contributed by atoms with E-state index < -0.39 is 0 Å². The Morgan fingerprint density at radius 1 is 1.43 bits per heavy atom. The van der Waals surface area contributed by atoms with E-state index in [1.807, 2.05) is 29.2 Å². The second kappa shape index (κ2) is 7.46. The third-order valence-electron chi connectivity index (χ3n) is 4.40. The number of nitrogens with two attached hydrogens (primary N) is 1. The minimum absolute atomic E-state index is 0.147. The van der Waals surface area contributed by atoms with E-state index in [1.165, 1.54) is 0 Å². The Bertz CT molecular complexity index is 476. The first kappa shape index (κ1) is 15.8. The average Bonchev–Trinajstić information content (AvgIpc) is 2.94. The highest BCUT2D eigenvalue weighted by Gasteiger charge is 2.33. The van der Waals surface area contributed by atoms with E-state index in [1.54, 1.807) is 7.11 Å². The lowest BCUT2D eigenvalue weighted by atomic mass is 9.96. The van der Waals surface area contributed by atoms with Gasteiger partial charge in [0.2, 0.25) is 5.91 Å². The van der Waals surface area contributed by atoms with Crippen molar-refractivity contribution in [1.29, 1.82) is 0 Å². The van der Waals surface area contributed by atoms with E-state index in [0.717, 1.165) is 37.1 Å². The first-order valence-corrected chi connectivity index (χ1v) is 7.83. The average molecular weight is 290 g/mol. The van der Waals surface area contributed by atoms with Crippen LogP contribution >= 0.6 is 0 Å². The lowest BCUT2D eigenvalue weighted by molar-refractivity contribution is -0.123. The smallest absolute Gasteiger partial charge is 0.230 e. The number of carbonyl (C=O) groups is 1. The van der Waals surface area contributed by atoms with E-state index in [2.05, 4.69) is 6.92 Å². The Morgan fingerprint density at radius 3 is 2.86 bits per heavy atom. The fraction of sp³-hybridized carbons (Fsp3) is 0.588. The van der Waals surface area contributed by atoms with Gasteiger partial charge in [0.1, 0.15) is 5.75 Å². The van der Waals surface area contributed by atoms with Crippen molar-refractivity contribution in [2.75, 3.05) is 25.1 Å². The molecule has 4 nitrogen and oxygen atoms in total. The van der Waals surface area contributed by atoms with E-state index in [4.69, 9.17) is 10.5 Å². The van der Waals surface area contributed by atoms with E-state index in [9.17, 15) is 4.79 Å². The number of nitrogens with zero attached hydrogens (tertiary/aromatic N) is 1. The molecule has 2 atom stereocenters. The molecule has 0 spiro atoms. The van der Waals surface area contributed by atoms with Crippen LogP contribution < -0.4 is 15.4 Å². The van der Waals surface area contributed by atoms with Gasteiger partial charge in [0.15, 0.2) is 0 Å². The highest BCUT2D eigenvalue weighted by atomic mass is 16.5. The maximum Gasteiger partial charge on any atom is 0.230 e. The highest BCUT2D eigenvalue weighted by Crippen LogP contribution is 2.34. The van der Waals surface area contributed by atoms with Crippen molar-refractivity contribution in [1.82, 2.24) is 0 Å². The Balaban J connectivity index is 2.22.